The molecule has 2 aromatic carbocycles. The standard InChI is InChI=1S/C25H26F2N4O3/c1-24(26,27)19-4-2-3-5-20(19)30-18-8-6-17(7-9-18)15-28-23(33)25(11-13-34-16-25)14-22(32)21-10-12-29-31-21/h2-10,12,30H,11,13-16H2,1H3,(H,28,33)(H,29,31)/t25-/m0/s1. The number of carbonyl (C=O) groups excluding carboxylic acids is 2. The minimum atomic E-state index is -2.97. The molecule has 7 nitrogen and oxygen atoms in total. The van der Waals surface area contributed by atoms with E-state index in [1.165, 1.54) is 12.3 Å². The van der Waals surface area contributed by atoms with Crippen LogP contribution in [0.25, 0.3) is 0 Å². The van der Waals surface area contributed by atoms with Crippen LogP contribution < -0.4 is 10.6 Å². The Morgan fingerprint density at radius 1 is 1.15 bits per heavy atom. The number of H-pyrrole nitrogens is 1. The van der Waals surface area contributed by atoms with Crippen molar-refractivity contribution >= 4 is 23.1 Å². The second-order valence-electron chi connectivity index (χ2n) is 8.59. The molecule has 34 heavy (non-hydrogen) atoms. The van der Waals surface area contributed by atoms with Crippen molar-refractivity contribution in [2.75, 3.05) is 18.5 Å². The molecular formula is C25H26F2N4O3. The van der Waals surface area contributed by atoms with Gasteiger partial charge in [-0.25, -0.2) is 8.78 Å². The number of rotatable bonds is 9. The number of aromatic nitrogens is 2. The highest BCUT2D eigenvalue weighted by Crippen LogP contribution is 2.35. The fourth-order valence-electron chi connectivity index (χ4n) is 4.03. The number of carbonyl (C=O) groups is 2. The molecule has 4 rings (SSSR count). The molecule has 1 atom stereocenters. The molecule has 3 aromatic rings. The zero-order valence-corrected chi connectivity index (χ0v) is 18.7. The van der Waals surface area contributed by atoms with Gasteiger partial charge in [0.25, 0.3) is 5.92 Å². The van der Waals surface area contributed by atoms with E-state index in [1.54, 1.807) is 36.4 Å². The molecule has 1 amide bonds. The number of aromatic amines is 1. The zero-order chi connectivity index (χ0) is 24.2. The van der Waals surface area contributed by atoms with Gasteiger partial charge in [-0.3, -0.25) is 14.7 Å². The molecule has 3 N–H and O–H groups in total. The van der Waals surface area contributed by atoms with Crippen molar-refractivity contribution in [3.8, 4) is 0 Å². The summed E-state index contributed by atoms with van der Waals surface area (Å²) in [6, 6.07) is 15.0. The van der Waals surface area contributed by atoms with Crippen molar-refractivity contribution in [2.24, 2.45) is 5.41 Å². The predicted molar refractivity (Wildman–Crippen MR) is 123 cm³/mol. The van der Waals surface area contributed by atoms with E-state index in [-0.39, 0.29) is 36.8 Å². The monoisotopic (exact) mass is 468 g/mol. The van der Waals surface area contributed by atoms with Gasteiger partial charge in [-0.05, 0) is 36.2 Å². The van der Waals surface area contributed by atoms with Crippen LogP contribution >= 0.6 is 0 Å². The Labute approximate surface area is 195 Å². The lowest BCUT2D eigenvalue weighted by molar-refractivity contribution is -0.131. The molecule has 178 valence electrons. The van der Waals surface area contributed by atoms with Gasteiger partial charge in [-0.1, -0.05) is 30.3 Å². The third-order valence-corrected chi connectivity index (χ3v) is 5.97. The number of nitrogens with zero attached hydrogens (tertiary/aromatic N) is 1. The summed E-state index contributed by atoms with van der Waals surface area (Å²) in [6.45, 7) is 1.73. The molecular weight excluding hydrogens is 442 g/mol. The highest BCUT2D eigenvalue weighted by Gasteiger charge is 2.44. The Balaban J connectivity index is 1.38. The smallest absolute Gasteiger partial charge is 0.272 e. The van der Waals surface area contributed by atoms with Gasteiger partial charge in [0.15, 0.2) is 5.78 Å². The van der Waals surface area contributed by atoms with Crippen LogP contribution in [-0.4, -0.2) is 35.1 Å². The fraction of sp³-hybridized carbons (Fsp3) is 0.320. The summed E-state index contributed by atoms with van der Waals surface area (Å²) >= 11 is 0. The number of amides is 1. The lowest BCUT2D eigenvalue weighted by atomic mass is 9.80. The van der Waals surface area contributed by atoms with Gasteiger partial charge in [-0.2, -0.15) is 5.10 Å². The van der Waals surface area contributed by atoms with Crippen LogP contribution in [0, 0.1) is 5.41 Å². The lowest BCUT2D eigenvalue weighted by Crippen LogP contribution is -2.42. The lowest BCUT2D eigenvalue weighted by Gasteiger charge is -2.25. The molecule has 9 heteroatoms. The SMILES string of the molecule is CC(F)(F)c1ccccc1Nc1ccc(CNC(=O)[C@]2(CC(=O)c3ccn[nH]3)CCOC2)cc1. The van der Waals surface area contributed by atoms with E-state index in [0.29, 0.717) is 30.1 Å². The molecule has 0 spiro atoms. The summed E-state index contributed by atoms with van der Waals surface area (Å²) in [5, 5.41) is 12.4. The highest BCUT2D eigenvalue weighted by atomic mass is 19.3. The van der Waals surface area contributed by atoms with Crippen molar-refractivity contribution in [3.63, 3.8) is 0 Å². The quantitative estimate of drug-likeness (QED) is 0.400. The van der Waals surface area contributed by atoms with E-state index >= 15 is 0 Å². The number of ketones is 1. The Bertz CT molecular complexity index is 1140. The number of nitrogens with one attached hydrogen (secondary N) is 3. The Kier molecular flexibility index (Phi) is 6.74. The highest BCUT2D eigenvalue weighted by molar-refractivity contribution is 5.98. The van der Waals surface area contributed by atoms with Crippen molar-refractivity contribution in [1.82, 2.24) is 15.5 Å². The maximum atomic E-state index is 13.9. The third-order valence-electron chi connectivity index (χ3n) is 5.97. The molecule has 0 aliphatic carbocycles. The molecule has 1 saturated heterocycles. The number of hydrogen-bond donors (Lipinski definition) is 3. The van der Waals surface area contributed by atoms with Gasteiger partial charge >= 0.3 is 0 Å². The zero-order valence-electron chi connectivity index (χ0n) is 18.7. The first-order valence-electron chi connectivity index (χ1n) is 11.0. The van der Waals surface area contributed by atoms with Crippen LogP contribution in [0.5, 0.6) is 0 Å². The van der Waals surface area contributed by atoms with Crippen LogP contribution in [-0.2, 0) is 22.0 Å². The summed E-state index contributed by atoms with van der Waals surface area (Å²) in [5.41, 5.74) is 1.18. The maximum absolute atomic E-state index is 13.9. The number of alkyl halides is 2. The van der Waals surface area contributed by atoms with Crippen LogP contribution in [0.2, 0.25) is 0 Å². The Morgan fingerprint density at radius 2 is 1.91 bits per heavy atom. The van der Waals surface area contributed by atoms with E-state index < -0.39 is 11.3 Å². The van der Waals surface area contributed by atoms with Crippen LogP contribution in [0.15, 0.2) is 60.8 Å². The largest absolute Gasteiger partial charge is 0.380 e. The predicted octanol–water partition coefficient (Wildman–Crippen LogP) is 4.56. The van der Waals surface area contributed by atoms with E-state index in [0.717, 1.165) is 12.5 Å². The summed E-state index contributed by atoms with van der Waals surface area (Å²) in [6.07, 6.45) is 1.99. The molecule has 0 unspecified atom stereocenters. The first kappa shape index (κ1) is 23.6. The van der Waals surface area contributed by atoms with Gasteiger partial charge in [0, 0.05) is 49.6 Å². The number of hydrogen-bond acceptors (Lipinski definition) is 5. The second-order valence-corrected chi connectivity index (χ2v) is 8.59. The second kappa shape index (κ2) is 9.72. The third kappa shape index (κ3) is 5.31. The van der Waals surface area contributed by atoms with Crippen molar-refractivity contribution in [3.05, 3.63) is 77.6 Å². The average molecular weight is 469 g/mol. The molecule has 1 aliphatic heterocycles. The van der Waals surface area contributed by atoms with Gasteiger partial charge < -0.3 is 15.4 Å². The van der Waals surface area contributed by atoms with E-state index in [4.69, 9.17) is 4.74 Å². The minimum Gasteiger partial charge on any atom is -0.380 e. The molecule has 0 saturated carbocycles. The van der Waals surface area contributed by atoms with E-state index in [9.17, 15) is 18.4 Å². The average Bonchev–Trinajstić information content (AvgIpc) is 3.51. The maximum Gasteiger partial charge on any atom is 0.272 e. The molecule has 0 radical (unpaired) electrons. The topological polar surface area (TPSA) is 96.1 Å². The molecule has 1 aromatic heterocycles. The summed E-state index contributed by atoms with van der Waals surface area (Å²) in [7, 11) is 0. The summed E-state index contributed by atoms with van der Waals surface area (Å²) < 4.78 is 33.2. The van der Waals surface area contributed by atoms with Crippen LogP contribution in [0.4, 0.5) is 20.2 Å². The minimum absolute atomic E-state index is 0.0331. The number of Topliss-reactive ketones (excluding diaryl/α,β-unsaturated/α-hetero) is 1. The van der Waals surface area contributed by atoms with Gasteiger partial charge in [0.2, 0.25) is 5.91 Å². The number of ether oxygens (including phenoxy) is 1. The van der Waals surface area contributed by atoms with Crippen molar-refractivity contribution < 1.29 is 23.1 Å². The Hall–Kier alpha value is -3.59. The van der Waals surface area contributed by atoms with Gasteiger partial charge in [-0.15, -0.1) is 0 Å². The number of halogens is 2. The number of para-hydroxylation sites is 1. The Morgan fingerprint density at radius 3 is 2.56 bits per heavy atom. The van der Waals surface area contributed by atoms with Crippen molar-refractivity contribution in [2.45, 2.75) is 32.2 Å². The van der Waals surface area contributed by atoms with Gasteiger partial charge in [0.05, 0.1) is 12.0 Å². The molecule has 1 fully saturated rings. The number of anilines is 2. The van der Waals surface area contributed by atoms with Crippen LogP contribution in [0.3, 0.4) is 0 Å². The van der Waals surface area contributed by atoms with Crippen molar-refractivity contribution in [1.29, 1.82) is 0 Å². The summed E-state index contributed by atoms with van der Waals surface area (Å²) in [4.78, 5) is 25.6. The first-order valence-corrected chi connectivity index (χ1v) is 11.0. The van der Waals surface area contributed by atoms with Crippen LogP contribution in [0.1, 0.15) is 41.4 Å². The molecule has 0 bridgehead atoms. The molecule has 2 heterocycles. The number of benzene rings is 2. The van der Waals surface area contributed by atoms with E-state index in [1.807, 2.05) is 12.1 Å². The van der Waals surface area contributed by atoms with E-state index in [2.05, 4.69) is 20.8 Å². The van der Waals surface area contributed by atoms with Gasteiger partial charge in [0.1, 0.15) is 5.69 Å². The summed E-state index contributed by atoms with van der Waals surface area (Å²) in [5.74, 6) is -3.39. The first-order chi connectivity index (χ1) is 16.3. The fourth-order valence-corrected chi connectivity index (χ4v) is 4.03. The molecule has 1 aliphatic rings. The normalized spacial score (nSPS) is 18.0.